The average Bonchev–Trinajstić information content (AvgIpc) is 1.67. The van der Waals surface area contributed by atoms with E-state index in [4.69, 9.17) is 11.6 Å². The highest BCUT2D eigenvalue weighted by Gasteiger charge is 2.16. The van der Waals surface area contributed by atoms with Gasteiger partial charge in [-0.25, -0.2) is 49.2 Å². The van der Waals surface area contributed by atoms with Crippen molar-refractivity contribution < 1.29 is 4.39 Å². The van der Waals surface area contributed by atoms with E-state index in [2.05, 4.69) is 298 Å². The molecule has 10 nitrogen and oxygen atoms in total. The third kappa shape index (κ3) is 27.3. The minimum Gasteiger partial charge on any atom is -0.354 e. The van der Waals surface area contributed by atoms with Gasteiger partial charge in [-0.2, -0.15) is 0 Å². The first-order valence-electron chi connectivity index (χ1n) is 39.6. The Kier molecular flexibility index (Phi) is 35.6. The van der Waals surface area contributed by atoms with E-state index < -0.39 is 0 Å². The van der Waals surface area contributed by atoms with E-state index in [0.29, 0.717) is 5.56 Å². The average molecular weight is 1800 g/mol. The van der Waals surface area contributed by atoms with Crippen LogP contribution in [-0.4, -0.2) is 59.0 Å². The van der Waals surface area contributed by atoms with Gasteiger partial charge >= 0.3 is 0 Å². The van der Waals surface area contributed by atoms with Gasteiger partial charge in [0, 0.05) is 24.7 Å². The molecule has 0 bridgehead atoms. The Morgan fingerprint density at radius 3 is 0.910 bits per heavy atom. The number of thiazole rings is 9. The molecule has 21 heteroatoms. The summed E-state index contributed by atoms with van der Waals surface area (Å²) in [5, 5.41) is 7.35. The molecule has 0 fully saturated rings. The first-order chi connectivity index (χ1) is 58.6. The maximum absolute atomic E-state index is 13.4. The first-order valence-corrected chi connectivity index (χ1v) is 47.5. The summed E-state index contributed by atoms with van der Waals surface area (Å²) in [5.41, 5.74) is 31.4. The molecule has 0 N–H and O–H groups in total. The quantitative estimate of drug-likeness (QED) is 0.131. The molecular weight excluding hydrogens is 1700 g/mol. The van der Waals surface area contributed by atoms with Crippen molar-refractivity contribution in [2.45, 2.75) is 125 Å². The van der Waals surface area contributed by atoms with Crippen molar-refractivity contribution in [3.63, 3.8) is 0 Å². The van der Waals surface area contributed by atoms with E-state index >= 15 is 0 Å². The molecule has 0 aliphatic carbocycles. The number of hydrogen-bond donors (Lipinski definition) is 0. The molecule has 0 saturated heterocycles. The van der Waals surface area contributed by atoms with Crippen molar-refractivity contribution in [3.8, 4) is 94.0 Å². The fourth-order valence-electron chi connectivity index (χ4n) is 12.7. The zero-order valence-corrected chi connectivity index (χ0v) is 80.8. The molecule has 0 aliphatic heterocycles. The summed E-state index contributed by atoms with van der Waals surface area (Å²) in [4.78, 5) is 52.4. The van der Waals surface area contributed by atoms with E-state index in [1.165, 1.54) is 118 Å². The second kappa shape index (κ2) is 46.2. The number of nitrogens with zero attached hydrogens (tertiary/aromatic N) is 10. The summed E-state index contributed by atoms with van der Waals surface area (Å²) >= 11 is 21.3. The van der Waals surface area contributed by atoms with Crippen LogP contribution in [0.1, 0.15) is 98.5 Å². The molecule has 624 valence electrons. The molecule has 0 unspecified atom stereocenters. The number of rotatable bonds is 10. The van der Waals surface area contributed by atoms with Gasteiger partial charge in [0.1, 0.15) is 5.82 Å². The van der Waals surface area contributed by atoms with Crippen LogP contribution in [0.15, 0.2) is 253 Å². The van der Waals surface area contributed by atoms with Crippen molar-refractivity contribution in [1.29, 1.82) is 0 Å². The van der Waals surface area contributed by atoms with Crippen molar-refractivity contribution >= 4 is 119 Å². The van der Waals surface area contributed by atoms with Gasteiger partial charge in [0.05, 0.1) is 137 Å². The van der Waals surface area contributed by atoms with Crippen LogP contribution < -0.4 is 4.90 Å². The number of hydrogen-bond acceptors (Lipinski definition) is 19. The lowest BCUT2D eigenvalue weighted by Gasteiger charge is -2.05. The Labute approximate surface area is 761 Å². The number of aryl methyl sites for hydroxylation is 18. The van der Waals surface area contributed by atoms with Crippen LogP contribution in [0.5, 0.6) is 0 Å². The van der Waals surface area contributed by atoms with Gasteiger partial charge in [0.15, 0.2) is 5.13 Å². The van der Waals surface area contributed by atoms with Crippen LogP contribution in [0.4, 0.5) is 9.52 Å². The van der Waals surface area contributed by atoms with Crippen molar-refractivity contribution in [2.24, 2.45) is 0 Å². The summed E-state index contributed by atoms with van der Waals surface area (Å²) in [7, 11) is 4.04. The molecule has 0 atom stereocenters. The molecule has 18 aromatic rings. The van der Waals surface area contributed by atoms with Gasteiger partial charge in [-0.15, -0.1) is 90.7 Å². The van der Waals surface area contributed by atoms with Crippen molar-refractivity contribution in [2.75, 3.05) is 19.0 Å². The molecule has 0 aliphatic rings. The molecule has 9 aromatic carbocycles. The lowest BCUT2D eigenvalue weighted by molar-refractivity contribution is 0.631. The topological polar surface area (TPSA) is 119 Å². The van der Waals surface area contributed by atoms with Gasteiger partial charge < -0.3 is 4.90 Å². The van der Waals surface area contributed by atoms with E-state index in [0.717, 1.165) is 96.9 Å². The molecule has 0 radical (unpaired) electrons. The van der Waals surface area contributed by atoms with Crippen LogP contribution >= 0.6 is 114 Å². The lowest BCUT2D eigenvalue weighted by Crippen LogP contribution is -2.07. The molecule has 0 spiro atoms. The van der Waals surface area contributed by atoms with E-state index in [1.54, 1.807) is 103 Å². The number of halogens is 2. The van der Waals surface area contributed by atoms with Gasteiger partial charge in [-0.05, 0) is 193 Å². The van der Waals surface area contributed by atoms with E-state index in [-0.39, 0.29) is 5.82 Å². The normalized spacial score (nSPS) is 10.4. The summed E-state index contributed by atoms with van der Waals surface area (Å²) in [6, 6.07) is 80.0. The standard InChI is InChI=1S/C12H14N2S.3C12H13NS.C11H10FNS.2C11H11NS.C10H8ClNS.C10H9NS/c1-9-11(10-7-5-4-6-8-10)15-12(13-9)14(2)3;1-8-4-6-11(7-5-8)12-9(2)13-10(3)14-12;1-8-5-4-6-11(7-8)12-9(2)13-10(3)14-12;1-8-6-4-5-7-11(8)12-9(2)13-10(3)14-12;1-7-11(14-8(2)13-7)9-5-3-4-6-10(9)12;1-8-4-3-5-10(6-8)11-9(2)12-7-13-11;1-8-11(13-9(2)12-8)10-6-4-3-5-7-10;1-7-10(13-6-12-7)8-3-2-4-9(11)5-8;1-8-10(12-7-11-8)9-5-3-2-4-6-9/h4-8H,1-3H3;3*4-7H,1-3H3;3-6H,1-2H3;2*3-7H,1-2H3;2-6H,1H3;2-7H,1H3. The fraction of sp³-hybridized carbons (Fsp3) is 0.198. The monoisotopic (exact) mass is 1800 g/mol. The molecular formula is C101H102ClFN10S9. The van der Waals surface area contributed by atoms with Crippen LogP contribution in [0.25, 0.3) is 94.0 Å². The maximum atomic E-state index is 13.4. The van der Waals surface area contributed by atoms with Crippen LogP contribution in [-0.2, 0) is 0 Å². The Bertz CT molecular complexity index is 6110. The van der Waals surface area contributed by atoms with Crippen LogP contribution in [0.3, 0.4) is 0 Å². The smallest absolute Gasteiger partial charge is 0.185 e. The van der Waals surface area contributed by atoms with E-state index in [1.807, 2.05) is 126 Å². The van der Waals surface area contributed by atoms with Gasteiger partial charge in [0.25, 0.3) is 0 Å². The summed E-state index contributed by atoms with van der Waals surface area (Å²) in [5.74, 6) is -0.181. The third-order valence-electron chi connectivity index (χ3n) is 18.5. The first kappa shape index (κ1) is 93.9. The Morgan fingerprint density at radius 2 is 0.557 bits per heavy atom. The second-order valence-electron chi connectivity index (χ2n) is 28.9. The minimum atomic E-state index is -0.181. The van der Waals surface area contributed by atoms with Crippen LogP contribution in [0, 0.1) is 130 Å². The summed E-state index contributed by atoms with van der Waals surface area (Å²) in [6.45, 7) is 37.0. The lowest BCUT2D eigenvalue weighted by atomic mass is 10.1. The summed E-state index contributed by atoms with van der Waals surface area (Å²) < 4.78 is 13.4. The largest absolute Gasteiger partial charge is 0.354 e. The highest BCUT2D eigenvalue weighted by molar-refractivity contribution is 7.19. The Morgan fingerprint density at radius 1 is 0.254 bits per heavy atom. The predicted octanol–water partition coefficient (Wildman–Crippen LogP) is 31.7. The maximum Gasteiger partial charge on any atom is 0.185 e. The van der Waals surface area contributed by atoms with Crippen LogP contribution in [0.2, 0.25) is 5.02 Å². The highest BCUT2D eigenvalue weighted by Crippen LogP contribution is 2.38. The second-order valence-corrected chi connectivity index (χ2v) is 38.8. The SMILES string of the molecule is Cc1ccc(-c2sc(C)nc2C)cc1.Cc1cccc(-c2sc(C)nc2C)c1.Cc1cccc(-c2scnc2C)c1.Cc1nc(C)c(-c2ccccc2)s1.Cc1nc(C)c(-c2ccccc2C)s1.Cc1nc(C)c(-c2ccccc2F)s1.Cc1nc(N(C)C)sc1-c1ccccc1.Cc1ncsc1-c1cccc(Cl)c1.Cc1ncsc1-c1ccccc1. The molecule has 9 aromatic heterocycles. The predicted molar refractivity (Wildman–Crippen MR) is 533 cm³/mol. The fourth-order valence-corrected chi connectivity index (χ4v) is 21.0. The Balaban J connectivity index is 0.000000144. The van der Waals surface area contributed by atoms with Gasteiger partial charge in [-0.1, -0.05) is 258 Å². The molecule has 9 heterocycles. The zero-order valence-electron chi connectivity index (χ0n) is 72.7. The van der Waals surface area contributed by atoms with Crippen molar-refractivity contribution in [3.05, 3.63) is 362 Å². The van der Waals surface area contributed by atoms with Gasteiger partial charge in [-0.3, -0.25) is 0 Å². The third-order valence-corrected chi connectivity index (χ3v) is 28.6. The highest BCUT2D eigenvalue weighted by atomic mass is 35.5. The molecule has 0 amide bonds. The minimum absolute atomic E-state index is 0.181. The number of anilines is 1. The molecule has 122 heavy (non-hydrogen) atoms. The summed E-state index contributed by atoms with van der Waals surface area (Å²) in [6.07, 6.45) is 0. The van der Waals surface area contributed by atoms with E-state index in [9.17, 15) is 4.39 Å². The molecule has 18 rings (SSSR count). The van der Waals surface area contributed by atoms with Crippen molar-refractivity contribution in [1.82, 2.24) is 44.9 Å². The number of aromatic nitrogens is 9. The van der Waals surface area contributed by atoms with Gasteiger partial charge in [0.2, 0.25) is 0 Å². The Hall–Kier alpha value is -10.3. The zero-order chi connectivity index (χ0) is 87.5. The molecule has 0 saturated carbocycles. The number of benzene rings is 9.